The molecule has 2 aromatic carbocycles. The number of ether oxygens (including phenoxy) is 1. The molecule has 9 heteroatoms. The Bertz CT molecular complexity index is 1570. The first kappa shape index (κ1) is 22.7. The molecule has 3 heterocycles. The molecule has 0 spiro atoms. The van der Waals surface area contributed by atoms with Crippen LogP contribution in [0.25, 0.3) is 33.7 Å². The van der Waals surface area contributed by atoms with E-state index >= 15 is 0 Å². The van der Waals surface area contributed by atoms with Crippen LogP contribution in [-0.4, -0.2) is 21.2 Å². The van der Waals surface area contributed by atoms with Crippen LogP contribution in [0.1, 0.15) is 25.5 Å². The van der Waals surface area contributed by atoms with E-state index < -0.39 is 0 Å². The van der Waals surface area contributed by atoms with Gasteiger partial charge in [0.2, 0.25) is 4.96 Å². The molecule has 0 aliphatic rings. The molecule has 0 aliphatic carbocycles. The highest BCUT2D eigenvalue weighted by Crippen LogP contribution is 2.31. The van der Waals surface area contributed by atoms with Gasteiger partial charge in [0.25, 0.3) is 5.56 Å². The van der Waals surface area contributed by atoms with E-state index in [2.05, 4.69) is 17.0 Å². The van der Waals surface area contributed by atoms with Crippen molar-refractivity contribution >= 4 is 45.6 Å². The summed E-state index contributed by atoms with van der Waals surface area (Å²) in [5.74, 6) is 2.41. The molecule has 172 valence electrons. The zero-order chi connectivity index (χ0) is 23.7. The average Bonchev–Trinajstić information content (AvgIpc) is 3.52. The van der Waals surface area contributed by atoms with Gasteiger partial charge in [0, 0.05) is 22.2 Å². The van der Waals surface area contributed by atoms with E-state index in [-0.39, 0.29) is 5.56 Å². The van der Waals surface area contributed by atoms with Crippen molar-refractivity contribution in [3.8, 4) is 28.5 Å². The summed E-state index contributed by atoms with van der Waals surface area (Å²) >= 11 is 13.5. The van der Waals surface area contributed by atoms with Gasteiger partial charge in [-0.2, -0.15) is 9.50 Å². The van der Waals surface area contributed by atoms with E-state index in [1.807, 2.05) is 24.3 Å². The second-order valence-electron chi connectivity index (χ2n) is 7.60. The fourth-order valence-corrected chi connectivity index (χ4v) is 4.77. The van der Waals surface area contributed by atoms with Crippen molar-refractivity contribution in [1.82, 2.24) is 14.6 Å². The van der Waals surface area contributed by atoms with Gasteiger partial charge in [0.05, 0.1) is 11.6 Å². The third kappa shape index (κ3) is 4.59. The zero-order valence-corrected chi connectivity index (χ0v) is 20.5. The molecule has 0 aliphatic heterocycles. The summed E-state index contributed by atoms with van der Waals surface area (Å²) < 4.78 is 13.4. The smallest absolute Gasteiger partial charge is 0.291 e. The van der Waals surface area contributed by atoms with Crippen LogP contribution in [0.3, 0.4) is 0 Å². The minimum Gasteiger partial charge on any atom is -0.494 e. The lowest BCUT2D eigenvalue weighted by Gasteiger charge is -2.05. The molecular weight excluding hydrogens is 493 g/mol. The van der Waals surface area contributed by atoms with Gasteiger partial charge < -0.3 is 9.15 Å². The summed E-state index contributed by atoms with van der Waals surface area (Å²) in [6.07, 6.45) is 3.78. The number of furan rings is 1. The Morgan fingerprint density at radius 3 is 2.68 bits per heavy atom. The van der Waals surface area contributed by atoms with Gasteiger partial charge >= 0.3 is 0 Å². The summed E-state index contributed by atoms with van der Waals surface area (Å²) in [5.41, 5.74) is 1.29. The summed E-state index contributed by atoms with van der Waals surface area (Å²) in [7, 11) is 0. The van der Waals surface area contributed by atoms with Gasteiger partial charge in [-0.15, -0.1) is 5.10 Å². The molecule has 0 radical (unpaired) electrons. The lowest BCUT2D eigenvalue weighted by atomic mass is 10.2. The number of nitrogens with zero attached hydrogens (tertiary/aromatic N) is 3. The first-order chi connectivity index (χ1) is 16.5. The Balaban J connectivity index is 1.40. The average molecular weight is 512 g/mol. The lowest BCUT2D eigenvalue weighted by Crippen LogP contribution is -2.23. The maximum atomic E-state index is 12.9. The number of hydrogen-bond donors (Lipinski definition) is 0. The maximum Gasteiger partial charge on any atom is 0.291 e. The third-order valence-electron chi connectivity index (χ3n) is 5.16. The molecular formula is C25H19Cl2N3O3S. The van der Waals surface area contributed by atoms with Gasteiger partial charge in [-0.25, -0.2) is 0 Å². The van der Waals surface area contributed by atoms with E-state index in [1.165, 1.54) is 15.9 Å². The van der Waals surface area contributed by atoms with E-state index in [4.69, 9.17) is 32.4 Å². The first-order valence-electron chi connectivity index (χ1n) is 10.7. The third-order valence-corrected chi connectivity index (χ3v) is 6.66. The van der Waals surface area contributed by atoms with E-state index in [0.717, 1.165) is 29.7 Å². The number of thiazole rings is 1. The van der Waals surface area contributed by atoms with Crippen molar-refractivity contribution in [1.29, 1.82) is 0 Å². The summed E-state index contributed by atoms with van der Waals surface area (Å²) in [6, 6.07) is 16.3. The SMILES string of the molecule is CCCCOc1ccc(-c2nc3s/c(=C/c4ccc(-c5ccc(Cl)cc5Cl)o4)c(=O)n3n2)cc1. The fraction of sp³-hybridized carbons (Fsp3) is 0.160. The van der Waals surface area contributed by atoms with Crippen molar-refractivity contribution in [3.05, 3.63) is 85.3 Å². The molecule has 3 aromatic heterocycles. The summed E-state index contributed by atoms with van der Waals surface area (Å²) in [6.45, 7) is 2.82. The van der Waals surface area contributed by atoms with Crippen molar-refractivity contribution in [3.63, 3.8) is 0 Å². The Morgan fingerprint density at radius 2 is 1.94 bits per heavy atom. The largest absolute Gasteiger partial charge is 0.494 e. The van der Waals surface area contributed by atoms with Gasteiger partial charge in [-0.3, -0.25) is 4.79 Å². The molecule has 0 fully saturated rings. The molecule has 0 saturated heterocycles. The molecule has 0 saturated carbocycles. The number of rotatable bonds is 7. The van der Waals surface area contributed by atoms with Crippen LogP contribution < -0.4 is 14.8 Å². The molecule has 34 heavy (non-hydrogen) atoms. The van der Waals surface area contributed by atoms with Crippen molar-refractivity contribution in [2.75, 3.05) is 6.61 Å². The maximum absolute atomic E-state index is 12.9. The number of fused-ring (bicyclic) bond motifs is 1. The summed E-state index contributed by atoms with van der Waals surface area (Å²) in [5, 5.41) is 5.44. The Morgan fingerprint density at radius 1 is 1.12 bits per heavy atom. The quantitative estimate of drug-likeness (QED) is 0.246. The van der Waals surface area contributed by atoms with Crippen LogP contribution >= 0.6 is 34.5 Å². The number of hydrogen-bond acceptors (Lipinski definition) is 6. The Hall–Kier alpha value is -3.13. The molecule has 0 N–H and O–H groups in total. The van der Waals surface area contributed by atoms with Crippen LogP contribution in [0.4, 0.5) is 0 Å². The van der Waals surface area contributed by atoms with Crippen molar-refractivity contribution < 1.29 is 9.15 Å². The molecule has 0 amide bonds. The zero-order valence-electron chi connectivity index (χ0n) is 18.1. The Kier molecular flexibility index (Phi) is 6.41. The van der Waals surface area contributed by atoms with Crippen LogP contribution in [0.5, 0.6) is 5.75 Å². The number of halogens is 2. The van der Waals surface area contributed by atoms with Crippen LogP contribution in [0, 0.1) is 0 Å². The number of aromatic nitrogens is 3. The van der Waals surface area contributed by atoms with Crippen molar-refractivity contribution in [2.24, 2.45) is 0 Å². The van der Waals surface area contributed by atoms with Crippen LogP contribution in [0.15, 0.2) is 63.8 Å². The standard InChI is InChI=1S/C25H19Cl2N3O3S/c1-2-3-12-32-17-7-4-15(5-8-17)23-28-25-30(29-23)24(31)22(34-25)14-18-9-11-21(33-18)19-10-6-16(26)13-20(19)27/h4-11,13-14H,2-3,12H2,1H3/b22-14+. The first-order valence-corrected chi connectivity index (χ1v) is 12.3. The lowest BCUT2D eigenvalue weighted by molar-refractivity contribution is 0.309. The summed E-state index contributed by atoms with van der Waals surface area (Å²) in [4.78, 5) is 17.9. The minimum absolute atomic E-state index is 0.249. The van der Waals surface area contributed by atoms with Gasteiger partial charge in [0.1, 0.15) is 21.8 Å². The topological polar surface area (TPSA) is 69.6 Å². The van der Waals surface area contributed by atoms with E-state index in [1.54, 1.807) is 36.4 Å². The highest BCUT2D eigenvalue weighted by Gasteiger charge is 2.13. The van der Waals surface area contributed by atoms with Crippen LogP contribution in [-0.2, 0) is 0 Å². The van der Waals surface area contributed by atoms with Crippen LogP contribution in [0.2, 0.25) is 10.0 Å². The molecule has 0 bridgehead atoms. The fourth-order valence-electron chi connectivity index (χ4n) is 3.38. The Labute approximate surface area is 209 Å². The van der Waals surface area contributed by atoms with Gasteiger partial charge in [-0.1, -0.05) is 47.9 Å². The predicted octanol–water partition coefficient (Wildman–Crippen LogP) is 6.11. The molecule has 0 unspecified atom stereocenters. The minimum atomic E-state index is -0.249. The van der Waals surface area contributed by atoms with E-state index in [0.29, 0.717) is 43.5 Å². The second-order valence-corrected chi connectivity index (χ2v) is 9.45. The monoisotopic (exact) mass is 511 g/mol. The van der Waals surface area contributed by atoms with E-state index in [9.17, 15) is 4.79 Å². The molecule has 0 atom stereocenters. The highest BCUT2D eigenvalue weighted by molar-refractivity contribution is 7.15. The number of unbranched alkanes of at least 4 members (excludes halogenated alkanes) is 1. The highest BCUT2D eigenvalue weighted by atomic mass is 35.5. The number of benzene rings is 2. The molecule has 6 nitrogen and oxygen atoms in total. The predicted molar refractivity (Wildman–Crippen MR) is 136 cm³/mol. The van der Waals surface area contributed by atoms with Crippen molar-refractivity contribution in [2.45, 2.75) is 19.8 Å². The normalized spacial score (nSPS) is 12.0. The second kappa shape index (κ2) is 9.62. The van der Waals surface area contributed by atoms with Gasteiger partial charge in [-0.05, 0) is 61.0 Å². The molecule has 5 rings (SSSR count). The molecule has 5 aromatic rings. The van der Waals surface area contributed by atoms with Gasteiger partial charge in [0.15, 0.2) is 5.82 Å².